The molecule has 6 nitrogen and oxygen atoms in total. The first-order valence-corrected chi connectivity index (χ1v) is 10.3. The Hall–Kier alpha value is -3.50. The zero-order chi connectivity index (χ0) is 19.6. The van der Waals surface area contributed by atoms with Crippen molar-refractivity contribution >= 4 is 33.2 Å². The molecule has 142 valence electrons. The van der Waals surface area contributed by atoms with Crippen LogP contribution in [-0.2, 0) is 0 Å². The molecule has 3 aromatic heterocycles. The minimum absolute atomic E-state index is 0.640. The number of thiophene rings is 1. The fourth-order valence-electron chi connectivity index (χ4n) is 3.74. The lowest BCUT2D eigenvalue weighted by atomic mass is 10.1. The molecule has 0 N–H and O–H groups in total. The van der Waals surface area contributed by atoms with Gasteiger partial charge in [-0.15, -0.1) is 11.3 Å². The van der Waals surface area contributed by atoms with E-state index < -0.39 is 0 Å². The summed E-state index contributed by atoms with van der Waals surface area (Å²) in [4.78, 5) is 19.2. The molecule has 4 heterocycles. The Balaban J connectivity index is 1.44. The molecular weight excluding hydrogens is 380 g/mol. The second-order valence-electron chi connectivity index (χ2n) is 6.88. The Morgan fingerprint density at radius 2 is 1.72 bits per heavy atom. The number of nitrogens with zero attached hydrogens (tertiary/aromatic N) is 6. The van der Waals surface area contributed by atoms with Gasteiger partial charge in [-0.25, -0.2) is 15.0 Å². The molecule has 29 heavy (non-hydrogen) atoms. The molecule has 1 saturated heterocycles. The van der Waals surface area contributed by atoms with Gasteiger partial charge in [-0.3, -0.25) is 0 Å². The van der Waals surface area contributed by atoms with Crippen LogP contribution in [0, 0.1) is 11.3 Å². The summed E-state index contributed by atoms with van der Waals surface area (Å²) < 4.78 is 0. The first-order valence-electron chi connectivity index (χ1n) is 9.47. The predicted octanol–water partition coefficient (Wildman–Crippen LogP) is 3.95. The van der Waals surface area contributed by atoms with E-state index in [4.69, 9.17) is 5.26 Å². The maximum atomic E-state index is 9.13. The molecule has 5 rings (SSSR count). The summed E-state index contributed by atoms with van der Waals surface area (Å²) in [6.45, 7) is 3.35. The van der Waals surface area contributed by atoms with Crippen LogP contribution in [0.4, 0.5) is 11.6 Å². The van der Waals surface area contributed by atoms with Crippen LogP contribution in [0.15, 0.2) is 60.4 Å². The number of piperazine rings is 1. The lowest BCUT2D eigenvalue weighted by Gasteiger charge is -2.36. The molecule has 1 aliphatic rings. The lowest BCUT2D eigenvalue weighted by Crippen LogP contribution is -2.47. The number of fused-ring (bicyclic) bond motifs is 1. The number of rotatable bonds is 3. The second-order valence-corrected chi connectivity index (χ2v) is 7.74. The maximum absolute atomic E-state index is 9.13. The summed E-state index contributed by atoms with van der Waals surface area (Å²) in [6.07, 6.45) is 3.36. The van der Waals surface area contributed by atoms with Gasteiger partial charge in [0.15, 0.2) is 0 Å². The van der Waals surface area contributed by atoms with E-state index in [2.05, 4.69) is 60.5 Å². The zero-order valence-electron chi connectivity index (χ0n) is 15.7. The number of aromatic nitrogens is 3. The molecule has 0 atom stereocenters. The quantitative estimate of drug-likeness (QED) is 0.520. The summed E-state index contributed by atoms with van der Waals surface area (Å²) in [6, 6.07) is 16.2. The molecule has 0 unspecified atom stereocenters. The smallest absolute Gasteiger partial charge is 0.141 e. The highest BCUT2D eigenvalue weighted by Gasteiger charge is 2.23. The van der Waals surface area contributed by atoms with E-state index in [0.29, 0.717) is 5.56 Å². The number of nitriles is 1. The number of anilines is 2. The van der Waals surface area contributed by atoms with Crippen molar-refractivity contribution in [3.8, 4) is 17.2 Å². The largest absolute Gasteiger partial charge is 0.353 e. The minimum atomic E-state index is 0.640. The van der Waals surface area contributed by atoms with E-state index in [9.17, 15) is 0 Å². The maximum Gasteiger partial charge on any atom is 0.141 e. The van der Waals surface area contributed by atoms with Gasteiger partial charge >= 0.3 is 0 Å². The first kappa shape index (κ1) is 17.6. The predicted molar refractivity (Wildman–Crippen MR) is 116 cm³/mol. The molecule has 0 spiro atoms. The van der Waals surface area contributed by atoms with Crippen LogP contribution in [0.3, 0.4) is 0 Å². The van der Waals surface area contributed by atoms with Gasteiger partial charge in [-0.05, 0) is 17.7 Å². The van der Waals surface area contributed by atoms with Crippen LogP contribution < -0.4 is 9.80 Å². The molecule has 0 saturated carbocycles. The van der Waals surface area contributed by atoms with E-state index in [1.54, 1.807) is 29.9 Å². The van der Waals surface area contributed by atoms with Gasteiger partial charge in [0.1, 0.15) is 22.8 Å². The van der Waals surface area contributed by atoms with Crippen LogP contribution in [0.1, 0.15) is 5.56 Å². The monoisotopic (exact) mass is 398 g/mol. The third kappa shape index (κ3) is 3.28. The van der Waals surface area contributed by atoms with Crippen LogP contribution in [-0.4, -0.2) is 41.1 Å². The minimum Gasteiger partial charge on any atom is -0.353 e. The highest BCUT2D eigenvalue weighted by atomic mass is 32.1. The van der Waals surface area contributed by atoms with Crippen molar-refractivity contribution in [2.75, 3.05) is 36.0 Å². The highest BCUT2D eigenvalue weighted by molar-refractivity contribution is 7.17. The summed E-state index contributed by atoms with van der Waals surface area (Å²) >= 11 is 1.66. The van der Waals surface area contributed by atoms with Gasteiger partial charge in [-0.1, -0.05) is 30.3 Å². The number of hydrogen-bond donors (Lipinski definition) is 0. The standard InChI is InChI=1S/C22H18N6S/c23-13-16-6-7-24-19(12-16)27-8-10-28(11-9-27)21-20-18(17-4-2-1-3-5-17)14-29-22(20)26-15-25-21/h1-7,12,14-15H,8-11H2. The van der Waals surface area contributed by atoms with Crippen molar-refractivity contribution in [1.29, 1.82) is 5.26 Å². The number of benzene rings is 1. The molecule has 1 aliphatic heterocycles. The summed E-state index contributed by atoms with van der Waals surface area (Å²) in [5, 5.41) is 12.4. The Morgan fingerprint density at radius 3 is 2.52 bits per heavy atom. The second kappa shape index (κ2) is 7.49. The zero-order valence-corrected chi connectivity index (χ0v) is 16.5. The fraction of sp³-hybridized carbons (Fsp3) is 0.182. The summed E-state index contributed by atoms with van der Waals surface area (Å²) in [5.74, 6) is 1.85. The van der Waals surface area contributed by atoms with E-state index >= 15 is 0 Å². The summed E-state index contributed by atoms with van der Waals surface area (Å²) in [5.41, 5.74) is 3.01. The average Bonchev–Trinajstić information content (AvgIpc) is 3.24. The van der Waals surface area contributed by atoms with Crippen LogP contribution in [0.2, 0.25) is 0 Å². The van der Waals surface area contributed by atoms with Crippen LogP contribution in [0.5, 0.6) is 0 Å². The normalized spacial score (nSPS) is 14.2. The molecule has 4 aromatic rings. The number of hydrogen-bond acceptors (Lipinski definition) is 7. The van der Waals surface area contributed by atoms with E-state index in [-0.39, 0.29) is 0 Å². The van der Waals surface area contributed by atoms with Gasteiger partial charge in [0, 0.05) is 43.3 Å². The summed E-state index contributed by atoms with van der Waals surface area (Å²) in [7, 11) is 0. The highest BCUT2D eigenvalue weighted by Crippen LogP contribution is 2.38. The molecular formula is C22H18N6S. The molecule has 1 aromatic carbocycles. The molecule has 0 amide bonds. The van der Waals surface area contributed by atoms with Crippen LogP contribution in [0.25, 0.3) is 21.3 Å². The first-order chi connectivity index (χ1) is 14.3. The third-order valence-electron chi connectivity index (χ3n) is 5.21. The van der Waals surface area contributed by atoms with Gasteiger partial charge in [0.2, 0.25) is 0 Å². The topological polar surface area (TPSA) is 68.9 Å². The van der Waals surface area contributed by atoms with Crippen molar-refractivity contribution in [2.24, 2.45) is 0 Å². The third-order valence-corrected chi connectivity index (χ3v) is 6.10. The van der Waals surface area contributed by atoms with Crippen molar-refractivity contribution < 1.29 is 0 Å². The van der Waals surface area contributed by atoms with Gasteiger partial charge in [0.05, 0.1) is 17.0 Å². The van der Waals surface area contributed by atoms with E-state index in [0.717, 1.165) is 48.0 Å². The Kier molecular flexibility index (Phi) is 4.54. The fourth-order valence-corrected chi connectivity index (χ4v) is 4.65. The number of pyridine rings is 1. The van der Waals surface area contributed by atoms with Crippen LogP contribution >= 0.6 is 11.3 Å². The van der Waals surface area contributed by atoms with Gasteiger partial charge in [-0.2, -0.15) is 5.26 Å². The van der Waals surface area contributed by atoms with Crippen molar-refractivity contribution in [3.05, 3.63) is 65.9 Å². The van der Waals surface area contributed by atoms with Crippen molar-refractivity contribution in [2.45, 2.75) is 0 Å². The van der Waals surface area contributed by atoms with E-state index in [1.165, 1.54) is 11.1 Å². The van der Waals surface area contributed by atoms with Crippen molar-refractivity contribution in [1.82, 2.24) is 15.0 Å². The van der Waals surface area contributed by atoms with Gasteiger partial charge in [0.25, 0.3) is 0 Å². The molecule has 0 radical (unpaired) electrons. The Bertz CT molecular complexity index is 1190. The molecule has 1 fully saturated rings. The van der Waals surface area contributed by atoms with Gasteiger partial charge < -0.3 is 9.80 Å². The molecule has 7 heteroatoms. The average molecular weight is 398 g/mol. The van der Waals surface area contributed by atoms with Crippen molar-refractivity contribution in [3.63, 3.8) is 0 Å². The SMILES string of the molecule is N#Cc1ccnc(N2CCN(c3ncnc4scc(-c5ccccc5)c34)CC2)c1. The molecule has 0 aliphatic carbocycles. The molecule has 0 bridgehead atoms. The Labute approximate surface area is 172 Å². The Morgan fingerprint density at radius 1 is 0.931 bits per heavy atom. The van der Waals surface area contributed by atoms with E-state index in [1.807, 2.05) is 12.1 Å². The lowest BCUT2D eigenvalue weighted by molar-refractivity contribution is 0.643.